The number of unbranched alkanes of at least 4 members (excludes halogenated alkanes) is 14. The predicted molar refractivity (Wildman–Crippen MR) is 269 cm³/mol. The maximum atomic E-state index is 12.9. The van der Waals surface area contributed by atoms with Crippen LogP contribution < -0.4 is 10.2 Å². The van der Waals surface area contributed by atoms with Crippen molar-refractivity contribution in [1.29, 1.82) is 0 Å². The number of hydrogen-bond donors (Lipinski definition) is 2. The minimum atomic E-state index is -4.62. The van der Waals surface area contributed by atoms with E-state index in [9.17, 15) is 19.4 Å². The first-order chi connectivity index (χ1) is 30.5. The monoisotopic (exact) mass is 897 g/mol. The molecule has 1 amide bonds. The quantitative estimate of drug-likeness (QED) is 0.0273. The number of allylic oxidation sites excluding steroid dienone is 17. The molecule has 2 N–H and O–H groups in total. The second-order valence-electron chi connectivity index (χ2n) is 17.4. The Morgan fingerprint density at radius 1 is 0.571 bits per heavy atom. The molecule has 0 bridgehead atoms. The average Bonchev–Trinajstić information content (AvgIpc) is 3.24. The highest BCUT2D eigenvalue weighted by atomic mass is 31.2. The summed E-state index contributed by atoms with van der Waals surface area (Å²) in [7, 11) is 1.20. The molecule has 0 heterocycles. The van der Waals surface area contributed by atoms with Gasteiger partial charge < -0.3 is 28.8 Å². The van der Waals surface area contributed by atoms with Crippen LogP contribution in [0.25, 0.3) is 0 Å². The van der Waals surface area contributed by atoms with E-state index in [0.29, 0.717) is 17.4 Å². The zero-order chi connectivity index (χ0) is 46.4. The van der Waals surface area contributed by atoms with E-state index in [0.717, 1.165) is 83.5 Å². The van der Waals surface area contributed by atoms with Gasteiger partial charge in [0, 0.05) is 6.42 Å². The Morgan fingerprint density at radius 2 is 0.984 bits per heavy atom. The van der Waals surface area contributed by atoms with Crippen molar-refractivity contribution in [3.8, 4) is 0 Å². The number of carbonyl (C=O) groups is 1. The second kappa shape index (κ2) is 44.4. The summed E-state index contributed by atoms with van der Waals surface area (Å²) < 4.78 is 23.2. The molecule has 0 aromatic carbocycles. The summed E-state index contributed by atoms with van der Waals surface area (Å²) >= 11 is 0. The van der Waals surface area contributed by atoms with Gasteiger partial charge in [0.2, 0.25) is 5.91 Å². The summed E-state index contributed by atoms with van der Waals surface area (Å²) in [5.41, 5.74) is 0. The normalized spacial score (nSPS) is 15.1. The highest BCUT2D eigenvalue weighted by Crippen LogP contribution is 2.38. The maximum absolute atomic E-state index is 12.9. The van der Waals surface area contributed by atoms with E-state index in [1.807, 2.05) is 27.2 Å². The van der Waals surface area contributed by atoms with E-state index in [2.05, 4.69) is 116 Å². The number of quaternary nitrogens is 1. The van der Waals surface area contributed by atoms with Gasteiger partial charge >= 0.3 is 0 Å². The molecule has 0 fully saturated rings. The number of nitrogens with zero attached hydrogens (tertiary/aromatic N) is 1. The maximum Gasteiger partial charge on any atom is 0.268 e. The van der Waals surface area contributed by atoms with Gasteiger partial charge in [-0.15, -0.1) is 0 Å². The average molecular weight is 897 g/mol. The number of likely N-dealkylation sites (N-methyl/N-ethyl adjacent to an activating group) is 1. The number of rotatable bonds is 43. The fourth-order valence-electron chi connectivity index (χ4n) is 6.32. The molecule has 0 aromatic rings. The van der Waals surface area contributed by atoms with Crippen LogP contribution in [0.5, 0.6) is 0 Å². The third-order valence-electron chi connectivity index (χ3n) is 10.2. The van der Waals surface area contributed by atoms with Crippen LogP contribution >= 0.6 is 7.82 Å². The third-order valence-corrected chi connectivity index (χ3v) is 11.2. The smallest absolute Gasteiger partial charge is 0.268 e. The zero-order valence-electron chi connectivity index (χ0n) is 40.7. The Kier molecular flexibility index (Phi) is 42.4. The van der Waals surface area contributed by atoms with Gasteiger partial charge in [0.05, 0.1) is 39.9 Å². The van der Waals surface area contributed by atoms with Crippen LogP contribution in [0.2, 0.25) is 0 Å². The molecule has 9 heteroatoms. The number of phosphoric ester groups is 1. The molecule has 0 aliphatic carbocycles. The number of phosphoric acid groups is 1. The van der Waals surface area contributed by atoms with Crippen LogP contribution in [-0.4, -0.2) is 68.5 Å². The molecule has 3 unspecified atom stereocenters. The lowest BCUT2D eigenvalue weighted by Gasteiger charge is -2.29. The molecule has 3 atom stereocenters. The van der Waals surface area contributed by atoms with E-state index in [-0.39, 0.29) is 18.9 Å². The molecule has 63 heavy (non-hydrogen) atoms. The third kappa shape index (κ3) is 47.0. The van der Waals surface area contributed by atoms with Gasteiger partial charge in [0.1, 0.15) is 13.2 Å². The number of aliphatic hydroxyl groups excluding tert-OH is 1. The molecule has 0 saturated heterocycles. The van der Waals surface area contributed by atoms with E-state index < -0.39 is 26.6 Å². The number of hydrogen-bond acceptors (Lipinski definition) is 6. The fraction of sp³-hybridized carbons (Fsp3) is 0.648. The van der Waals surface area contributed by atoms with Gasteiger partial charge in [0.25, 0.3) is 7.82 Å². The van der Waals surface area contributed by atoms with E-state index in [1.165, 1.54) is 64.2 Å². The standard InChI is InChI=1S/C54H93N2O6P/c1-6-8-10-12-14-16-18-20-22-24-25-26-27-28-29-30-31-32-34-36-38-40-42-44-46-48-54(58)55-52(51-62-63(59,60)61-50-49-56(3,4)5)53(57)47-45-43-41-39-37-35-33-23-21-19-17-15-13-11-9-7-2/h8,10,14,16,20,22,25-26,28-29,31-32,36-39,45,47,52-53,57H,6-7,9,11-13,15,17-19,21,23-24,27,30,33-35,40-44,46,48-51H2,1-5H3,(H-,55,58,59,60)/b10-8-,16-14-,22-20-,26-25-,29-28-,32-31-,38-36-,39-37+,47-45+. The second-order valence-corrected chi connectivity index (χ2v) is 18.8. The first-order valence-corrected chi connectivity index (χ1v) is 26.2. The van der Waals surface area contributed by atoms with Crippen molar-refractivity contribution >= 4 is 13.7 Å². The Hall–Kier alpha value is -2.84. The van der Waals surface area contributed by atoms with Crippen LogP contribution in [0.1, 0.15) is 174 Å². The molecular weight excluding hydrogens is 804 g/mol. The lowest BCUT2D eigenvalue weighted by atomic mass is 10.1. The molecule has 0 saturated carbocycles. The molecule has 8 nitrogen and oxygen atoms in total. The number of aliphatic hydroxyl groups is 1. The summed E-state index contributed by atoms with van der Waals surface area (Å²) in [5, 5.41) is 13.8. The zero-order valence-corrected chi connectivity index (χ0v) is 41.6. The summed E-state index contributed by atoms with van der Waals surface area (Å²) in [6.07, 6.45) is 64.3. The first kappa shape index (κ1) is 60.2. The van der Waals surface area contributed by atoms with Crippen LogP contribution in [-0.2, 0) is 18.4 Å². The van der Waals surface area contributed by atoms with Gasteiger partial charge in [-0.25, -0.2) is 0 Å². The molecule has 0 aliphatic heterocycles. The van der Waals surface area contributed by atoms with Crippen LogP contribution in [0.3, 0.4) is 0 Å². The molecule has 360 valence electrons. The Balaban J connectivity index is 4.48. The largest absolute Gasteiger partial charge is 0.756 e. The van der Waals surface area contributed by atoms with Crippen molar-refractivity contribution in [1.82, 2.24) is 5.32 Å². The predicted octanol–water partition coefficient (Wildman–Crippen LogP) is 13.8. The van der Waals surface area contributed by atoms with Crippen molar-refractivity contribution in [3.63, 3.8) is 0 Å². The van der Waals surface area contributed by atoms with E-state index >= 15 is 0 Å². The van der Waals surface area contributed by atoms with Crippen LogP contribution in [0.15, 0.2) is 109 Å². The first-order valence-electron chi connectivity index (χ1n) is 24.7. The SMILES string of the molecule is CC/C=C\C/C=C\C/C=C\C/C=C\C/C=C\C/C=C\C/C=C\CCCCCC(=O)NC(COP(=O)([O-])OCC[N+](C)(C)C)C(O)/C=C/CC/C=C/CCCCCCCCCCCC. The van der Waals surface area contributed by atoms with Gasteiger partial charge in [0.15, 0.2) is 0 Å². The Labute approximate surface area is 387 Å². The van der Waals surface area contributed by atoms with Crippen molar-refractivity contribution in [2.75, 3.05) is 40.9 Å². The van der Waals surface area contributed by atoms with Gasteiger partial charge in [-0.1, -0.05) is 187 Å². The van der Waals surface area contributed by atoms with E-state index in [1.54, 1.807) is 6.08 Å². The molecule has 0 radical (unpaired) electrons. The summed E-state index contributed by atoms with van der Waals surface area (Å²) in [4.78, 5) is 25.4. The van der Waals surface area contributed by atoms with Crippen molar-refractivity contribution < 1.29 is 32.9 Å². The fourth-order valence-corrected chi connectivity index (χ4v) is 7.05. The number of nitrogens with one attached hydrogen (secondary N) is 1. The molecule has 0 aliphatic rings. The summed E-state index contributed by atoms with van der Waals surface area (Å²) in [6.45, 7) is 4.46. The van der Waals surface area contributed by atoms with E-state index in [4.69, 9.17) is 9.05 Å². The van der Waals surface area contributed by atoms with Gasteiger partial charge in [-0.3, -0.25) is 9.36 Å². The Bertz CT molecular complexity index is 1390. The minimum Gasteiger partial charge on any atom is -0.756 e. The lowest BCUT2D eigenvalue weighted by Crippen LogP contribution is -2.45. The molecular formula is C54H93N2O6P. The van der Waals surface area contributed by atoms with Crippen molar-refractivity contribution in [2.24, 2.45) is 0 Å². The van der Waals surface area contributed by atoms with Gasteiger partial charge in [-0.2, -0.15) is 0 Å². The van der Waals surface area contributed by atoms with Crippen molar-refractivity contribution in [3.05, 3.63) is 109 Å². The number of amides is 1. The Morgan fingerprint density at radius 3 is 1.48 bits per heavy atom. The highest BCUT2D eigenvalue weighted by Gasteiger charge is 2.23. The minimum absolute atomic E-state index is 0.0197. The van der Waals surface area contributed by atoms with Gasteiger partial charge in [-0.05, 0) is 89.9 Å². The number of carbonyl (C=O) groups excluding carboxylic acids is 1. The van der Waals surface area contributed by atoms with Crippen molar-refractivity contribution in [2.45, 2.75) is 187 Å². The molecule has 0 aromatic heterocycles. The summed E-state index contributed by atoms with van der Waals surface area (Å²) in [5.74, 6) is -0.245. The van der Waals surface area contributed by atoms with Crippen LogP contribution in [0.4, 0.5) is 0 Å². The topological polar surface area (TPSA) is 108 Å². The highest BCUT2D eigenvalue weighted by molar-refractivity contribution is 7.45. The lowest BCUT2D eigenvalue weighted by molar-refractivity contribution is -0.870. The summed E-state index contributed by atoms with van der Waals surface area (Å²) in [6, 6.07) is -0.929. The molecule has 0 spiro atoms. The molecule has 0 rings (SSSR count). The van der Waals surface area contributed by atoms with Crippen LogP contribution in [0, 0.1) is 0 Å².